The number of benzene rings is 2. The van der Waals surface area contributed by atoms with E-state index in [0.29, 0.717) is 18.9 Å². The molecule has 2 aromatic carbocycles. The third kappa shape index (κ3) is 4.58. The van der Waals surface area contributed by atoms with Crippen molar-refractivity contribution >= 4 is 18.0 Å². The standard InChI is InChI=1S/C26H30N2O5/c1-3-17-12-13-28(23(14-17)25(30)31)24(29)16(2)27-26(32)33-15-22-20-10-6-4-8-18(20)19-9-5-7-11-21(19)22/h4-11,16-17,22-23H,3,12-15H2,1-2H3,(H,27,32)(H,30,31)/t16-,17?,23?/m0/s1. The molecule has 2 amide bonds. The van der Waals surface area contributed by atoms with Gasteiger partial charge in [-0.05, 0) is 47.9 Å². The monoisotopic (exact) mass is 450 g/mol. The maximum atomic E-state index is 12.9. The Morgan fingerprint density at radius 3 is 2.27 bits per heavy atom. The molecular formula is C26H30N2O5. The molecule has 2 aliphatic rings. The van der Waals surface area contributed by atoms with E-state index in [0.717, 1.165) is 35.1 Å². The van der Waals surface area contributed by atoms with Crippen molar-refractivity contribution in [3.8, 4) is 11.1 Å². The van der Waals surface area contributed by atoms with E-state index in [1.165, 1.54) is 4.90 Å². The summed E-state index contributed by atoms with van der Waals surface area (Å²) in [5.41, 5.74) is 4.50. The fourth-order valence-corrected chi connectivity index (χ4v) is 5.03. The molecule has 0 radical (unpaired) electrons. The van der Waals surface area contributed by atoms with E-state index in [1.54, 1.807) is 6.92 Å². The van der Waals surface area contributed by atoms with Crippen LogP contribution in [0.25, 0.3) is 11.1 Å². The Hall–Kier alpha value is -3.35. The molecule has 4 rings (SSSR count). The normalized spacial score (nSPS) is 20.5. The summed E-state index contributed by atoms with van der Waals surface area (Å²) in [6.07, 6.45) is 1.41. The highest BCUT2D eigenvalue weighted by atomic mass is 16.5. The average molecular weight is 451 g/mol. The van der Waals surface area contributed by atoms with Gasteiger partial charge in [0.15, 0.2) is 0 Å². The number of hydrogen-bond acceptors (Lipinski definition) is 4. The lowest BCUT2D eigenvalue weighted by molar-refractivity contribution is -0.153. The second-order valence-electron chi connectivity index (χ2n) is 8.88. The smallest absolute Gasteiger partial charge is 0.407 e. The maximum absolute atomic E-state index is 12.9. The first-order chi connectivity index (χ1) is 15.9. The molecule has 174 valence electrons. The van der Waals surface area contributed by atoms with E-state index in [9.17, 15) is 19.5 Å². The van der Waals surface area contributed by atoms with Crippen LogP contribution in [0.4, 0.5) is 4.79 Å². The number of amides is 2. The van der Waals surface area contributed by atoms with Crippen LogP contribution in [0.1, 0.15) is 50.2 Å². The van der Waals surface area contributed by atoms with Crippen LogP contribution >= 0.6 is 0 Å². The lowest BCUT2D eigenvalue weighted by atomic mass is 9.88. The van der Waals surface area contributed by atoms with Gasteiger partial charge in [0.05, 0.1) is 0 Å². The predicted octanol–water partition coefficient (Wildman–Crippen LogP) is 4.02. The molecule has 2 N–H and O–H groups in total. The van der Waals surface area contributed by atoms with Gasteiger partial charge in [0, 0.05) is 12.5 Å². The van der Waals surface area contributed by atoms with E-state index in [4.69, 9.17) is 4.74 Å². The number of piperidine rings is 1. The van der Waals surface area contributed by atoms with Gasteiger partial charge in [-0.3, -0.25) is 4.79 Å². The molecule has 1 heterocycles. The van der Waals surface area contributed by atoms with Crippen molar-refractivity contribution < 1.29 is 24.2 Å². The molecule has 2 aromatic rings. The minimum absolute atomic E-state index is 0.0707. The first-order valence-corrected chi connectivity index (χ1v) is 11.6. The molecule has 1 aliphatic carbocycles. The summed E-state index contributed by atoms with van der Waals surface area (Å²) in [5, 5.41) is 12.2. The lowest BCUT2D eigenvalue weighted by Gasteiger charge is -2.38. The van der Waals surface area contributed by atoms with Gasteiger partial charge in [0.25, 0.3) is 0 Å². The number of alkyl carbamates (subject to hydrolysis) is 1. The van der Waals surface area contributed by atoms with Crippen molar-refractivity contribution in [2.45, 2.75) is 51.1 Å². The van der Waals surface area contributed by atoms with E-state index >= 15 is 0 Å². The summed E-state index contributed by atoms with van der Waals surface area (Å²) in [6, 6.07) is 14.4. The largest absolute Gasteiger partial charge is 0.480 e. The van der Waals surface area contributed by atoms with Gasteiger partial charge in [-0.2, -0.15) is 0 Å². The van der Waals surface area contributed by atoms with Gasteiger partial charge in [0.1, 0.15) is 18.7 Å². The van der Waals surface area contributed by atoms with Crippen LogP contribution in [0.15, 0.2) is 48.5 Å². The van der Waals surface area contributed by atoms with Crippen LogP contribution in [0.5, 0.6) is 0 Å². The summed E-state index contributed by atoms with van der Waals surface area (Å²) < 4.78 is 5.52. The molecule has 33 heavy (non-hydrogen) atoms. The molecule has 1 saturated heterocycles. The number of carboxylic acids is 1. The van der Waals surface area contributed by atoms with Gasteiger partial charge in [-0.15, -0.1) is 0 Å². The number of aliphatic carboxylic acids is 1. The Balaban J connectivity index is 1.37. The van der Waals surface area contributed by atoms with Crippen LogP contribution in [0.3, 0.4) is 0 Å². The number of carbonyl (C=O) groups excluding carboxylic acids is 2. The van der Waals surface area contributed by atoms with Crippen LogP contribution in [0.2, 0.25) is 0 Å². The molecule has 7 nitrogen and oxygen atoms in total. The first-order valence-electron chi connectivity index (χ1n) is 11.6. The lowest BCUT2D eigenvalue weighted by Crippen LogP contribution is -2.55. The fraction of sp³-hybridized carbons (Fsp3) is 0.423. The maximum Gasteiger partial charge on any atom is 0.407 e. The molecule has 7 heteroatoms. The molecule has 0 spiro atoms. The van der Waals surface area contributed by atoms with Crippen molar-refractivity contribution in [2.75, 3.05) is 13.2 Å². The van der Waals surface area contributed by atoms with Crippen molar-refractivity contribution in [3.63, 3.8) is 0 Å². The molecule has 1 aliphatic heterocycles. The number of likely N-dealkylation sites (tertiary alicyclic amines) is 1. The van der Waals surface area contributed by atoms with Gasteiger partial charge in [-0.1, -0.05) is 61.9 Å². The Morgan fingerprint density at radius 2 is 1.70 bits per heavy atom. The zero-order valence-corrected chi connectivity index (χ0v) is 19.0. The molecular weight excluding hydrogens is 420 g/mol. The number of fused-ring (bicyclic) bond motifs is 3. The number of nitrogens with one attached hydrogen (secondary N) is 1. The second kappa shape index (κ2) is 9.65. The highest BCUT2D eigenvalue weighted by Gasteiger charge is 2.37. The number of ether oxygens (including phenoxy) is 1. The van der Waals surface area contributed by atoms with Gasteiger partial charge in [-0.25, -0.2) is 9.59 Å². The predicted molar refractivity (Wildman–Crippen MR) is 124 cm³/mol. The number of carboxylic acid groups (broad SMARTS) is 1. The van der Waals surface area contributed by atoms with Crippen LogP contribution < -0.4 is 5.32 Å². The fourth-order valence-electron chi connectivity index (χ4n) is 5.03. The summed E-state index contributed by atoms with van der Waals surface area (Å²) >= 11 is 0. The van der Waals surface area contributed by atoms with E-state index < -0.39 is 30.1 Å². The quantitative estimate of drug-likeness (QED) is 0.693. The van der Waals surface area contributed by atoms with Crippen LogP contribution in [0, 0.1) is 5.92 Å². The summed E-state index contributed by atoms with van der Waals surface area (Å²) in [4.78, 5) is 38.5. The van der Waals surface area contributed by atoms with Crippen molar-refractivity contribution in [3.05, 3.63) is 59.7 Å². The third-order valence-corrected chi connectivity index (χ3v) is 6.91. The van der Waals surface area contributed by atoms with Gasteiger partial charge in [0.2, 0.25) is 5.91 Å². The molecule has 2 unspecified atom stereocenters. The SMILES string of the molecule is CCC1CCN(C(=O)[C@H](C)NC(=O)OCC2c3ccccc3-c3ccccc32)C(C(=O)O)C1. The Kier molecular flexibility index (Phi) is 6.67. The summed E-state index contributed by atoms with van der Waals surface area (Å²) in [7, 11) is 0. The molecule has 0 saturated carbocycles. The molecule has 3 atom stereocenters. The number of nitrogens with zero attached hydrogens (tertiary/aromatic N) is 1. The van der Waals surface area contributed by atoms with Gasteiger partial charge < -0.3 is 20.1 Å². The van der Waals surface area contributed by atoms with Gasteiger partial charge >= 0.3 is 12.1 Å². The van der Waals surface area contributed by atoms with E-state index in [2.05, 4.69) is 17.4 Å². The second-order valence-corrected chi connectivity index (χ2v) is 8.88. The topological polar surface area (TPSA) is 95.9 Å². The third-order valence-electron chi connectivity index (χ3n) is 6.91. The van der Waals surface area contributed by atoms with Crippen LogP contribution in [-0.4, -0.2) is 53.2 Å². The molecule has 1 fully saturated rings. The zero-order valence-electron chi connectivity index (χ0n) is 19.0. The average Bonchev–Trinajstić information content (AvgIpc) is 3.15. The minimum Gasteiger partial charge on any atom is -0.480 e. The number of carbonyl (C=O) groups is 3. The Labute approximate surface area is 193 Å². The minimum atomic E-state index is -1.00. The molecule has 0 bridgehead atoms. The highest BCUT2D eigenvalue weighted by molar-refractivity contribution is 5.89. The number of rotatable bonds is 6. The molecule has 0 aromatic heterocycles. The first kappa shape index (κ1) is 22.8. The zero-order chi connectivity index (χ0) is 23.5. The Morgan fingerprint density at radius 1 is 1.09 bits per heavy atom. The van der Waals surface area contributed by atoms with Crippen LogP contribution in [-0.2, 0) is 14.3 Å². The summed E-state index contributed by atoms with van der Waals surface area (Å²) in [6.45, 7) is 4.13. The van der Waals surface area contributed by atoms with E-state index in [-0.39, 0.29) is 12.5 Å². The summed E-state index contributed by atoms with van der Waals surface area (Å²) in [5.74, 6) is -1.18. The Bertz CT molecular complexity index is 1010. The van der Waals surface area contributed by atoms with Crippen molar-refractivity contribution in [1.29, 1.82) is 0 Å². The van der Waals surface area contributed by atoms with E-state index in [1.807, 2.05) is 43.3 Å². The van der Waals surface area contributed by atoms with Crippen molar-refractivity contribution in [2.24, 2.45) is 5.92 Å². The van der Waals surface area contributed by atoms with Crippen molar-refractivity contribution in [1.82, 2.24) is 10.2 Å². The highest BCUT2D eigenvalue weighted by Crippen LogP contribution is 2.44. The number of hydrogen-bond donors (Lipinski definition) is 2.